The van der Waals surface area contributed by atoms with E-state index in [0.717, 1.165) is 12.5 Å². The molecule has 1 atom stereocenters. The summed E-state index contributed by atoms with van der Waals surface area (Å²) in [5.41, 5.74) is 0.443. The third-order valence-electron chi connectivity index (χ3n) is 4.08. The van der Waals surface area contributed by atoms with Gasteiger partial charge in [-0.05, 0) is 12.8 Å². The van der Waals surface area contributed by atoms with E-state index in [2.05, 4.69) is 4.74 Å². The van der Waals surface area contributed by atoms with Crippen molar-refractivity contribution >= 4 is 0 Å². The minimum Gasteiger partial charge on any atom is -0.373 e. The molecule has 2 rings (SSSR count). The van der Waals surface area contributed by atoms with Gasteiger partial charge in [-0.1, -0.05) is 25.2 Å². The molecular formula is C17H21F7O4. The summed E-state index contributed by atoms with van der Waals surface area (Å²) in [6.45, 7) is 0.0468. The molecule has 0 bridgehead atoms. The van der Waals surface area contributed by atoms with E-state index in [4.69, 9.17) is 14.2 Å². The number of hydrogen-bond acceptors (Lipinski definition) is 4. The van der Waals surface area contributed by atoms with Crippen LogP contribution in [0.15, 0.2) is 23.8 Å². The third kappa shape index (κ3) is 5.05. The molecule has 2 aliphatic rings. The summed E-state index contributed by atoms with van der Waals surface area (Å²) in [4.78, 5) is 0. The van der Waals surface area contributed by atoms with Crippen LogP contribution in [-0.4, -0.2) is 62.9 Å². The van der Waals surface area contributed by atoms with Crippen molar-refractivity contribution in [2.24, 2.45) is 0 Å². The van der Waals surface area contributed by atoms with E-state index in [1.54, 1.807) is 0 Å². The zero-order chi connectivity index (χ0) is 21.0. The molecule has 162 valence electrons. The highest BCUT2D eigenvalue weighted by Gasteiger charge is 2.73. The molecule has 1 saturated heterocycles. The van der Waals surface area contributed by atoms with E-state index < -0.39 is 37.0 Å². The Morgan fingerprint density at radius 2 is 1.75 bits per heavy atom. The van der Waals surface area contributed by atoms with Crippen LogP contribution in [0.5, 0.6) is 0 Å². The Labute approximate surface area is 157 Å². The molecule has 0 aromatic carbocycles. The maximum absolute atomic E-state index is 13.5. The van der Waals surface area contributed by atoms with Crippen LogP contribution in [0.2, 0.25) is 0 Å². The van der Waals surface area contributed by atoms with Crippen LogP contribution in [0.1, 0.15) is 19.8 Å². The highest BCUT2D eigenvalue weighted by atomic mass is 19.4. The Bertz CT molecular complexity index is 572. The fourth-order valence-electron chi connectivity index (χ4n) is 2.50. The molecule has 1 fully saturated rings. The predicted molar refractivity (Wildman–Crippen MR) is 83.3 cm³/mol. The van der Waals surface area contributed by atoms with Gasteiger partial charge in [-0.25, -0.2) is 4.39 Å². The van der Waals surface area contributed by atoms with E-state index in [9.17, 15) is 30.7 Å². The monoisotopic (exact) mass is 422 g/mol. The normalized spacial score (nSPS) is 27.0. The van der Waals surface area contributed by atoms with E-state index in [-0.39, 0.29) is 25.7 Å². The molecule has 0 aromatic heterocycles. The van der Waals surface area contributed by atoms with Crippen LogP contribution in [0.3, 0.4) is 0 Å². The number of hydrogen-bond donors (Lipinski definition) is 0. The molecule has 4 nitrogen and oxygen atoms in total. The smallest absolute Gasteiger partial charge is 0.373 e. The SMILES string of the molecule is CCCOC1COC(C2=CCC(OC(F)(F)C(F)(F)C(F)(F)CF)C=C2)OC1. The Morgan fingerprint density at radius 3 is 2.25 bits per heavy atom. The second-order valence-electron chi connectivity index (χ2n) is 6.38. The first-order valence-corrected chi connectivity index (χ1v) is 8.64. The van der Waals surface area contributed by atoms with Crippen molar-refractivity contribution < 1.29 is 49.7 Å². The Hall–Kier alpha value is -1.17. The topological polar surface area (TPSA) is 36.9 Å². The minimum atomic E-state index is -6.00. The van der Waals surface area contributed by atoms with Crippen molar-refractivity contribution in [3.05, 3.63) is 23.8 Å². The van der Waals surface area contributed by atoms with Crippen LogP contribution in [0.25, 0.3) is 0 Å². The average molecular weight is 422 g/mol. The molecular weight excluding hydrogens is 401 g/mol. The van der Waals surface area contributed by atoms with Crippen molar-refractivity contribution in [2.45, 2.75) is 56.2 Å². The summed E-state index contributed by atoms with van der Waals surface area (Å²) in [5, 5.41) is 0. The van der Waals surface area contributed by atoms with Crippen LogP contribution in [0, 0.1) is 0 Å². The van der Waals surface area contributed by atoms with Gasteiger partial charge in [0.1, 0.15) is 6.10 Å². The van der Waals surface area contributed by atoms with Gasteiger partial charge in [-0.15, -0.1) is 0 Å². The number of alkyl halides is 7. The standard InChI is InChI=1S/C17H21F7O4/c1-2-7-25-13-8-26-14(27-9-13)11-3-5-12(6-4-11)28-17(23,24)16(21,22)15(19,20)10-18/h3-5,12-14H,2,6-10H2,1H3. The van der Waals surface area contributed by atoms with E-state index in [1.807, 2.05) is 6.92 Å². The molecule has 0 N–H and O–H groups in total. The molecule has 0 amide bonds. The summed E-state index contributed by atoms with van der Waals surface area (Å²) in [5.74, 6) is -11.6. The summed E-state index contributed by atoms with van der Waals surface area (Å²) >= 11 is 0. The molecule has 0 aromatic rings. The second-order valence-corrected chi connectivity index (χ2v) is 6.38. The lowest BCUT2D eigenvalue weighted by molar-refractivity contribution is -0.405. The van der Waals surface area contributed by atoms with Gasteiger partial charge in [0, 0.05) is 12.2 Å². The van der Waals surface area contributed by atoms with Crippen LogP contribution in [0.4, 0.5) is 30.7 Å². The summed E-state index contributed by atoms with van der Waals surface area (Å²) in [7, 11) is 0. The lowest BCUT2D eigenvalue weighted by atomic mass is 10.0. The van der Waals surface area contributed by atoms with Crippen LogP contribution >= 0.6 is 0 Å². The number of ether oxygens (including phenoxy) is 4. The molecule has 1 aliphatic heterocycles. The molecule has 11 heteroatoms. The van der Waals surface area contributed by atoms with Gasteiger partial charge >= 0.3 is 18.0 Å². The molecule has 0 spiro atoms. The highest BCUT2D eigenvalue weighted by molar-refractivity contribution is 5.27. The van der Waals surface area contributed by atoms with Crippen molar-refractivity contribution in [2.75, 3.05) is 26.5 Å². The molecule has 0 saturated carbocycles. The maximum atomic E-state index is 13.5. The van der Waals surface area contributed by atoms with Crippen molar-refractivity contribution in [1.29, 1.82) is 0 Å². The van der Waals surface area contributed by atoms with E-state index >= 15 is 0 Å². The number of halogens is 7. The lowest BCUT2D eigenvalue weighted by Crippen LogP contribution is -2.57. The molecule has 1 aliphatic carbocycles. The number of rotatable bonds is 9. The first-order valence-electron chi connectivity index (χ1n) is 8.64. The maximum Gasteiger partial charge on any atom is 0.426 e. The summed E-state index contributed by atoms with van der Waals surface area (Å²) in [6, 6.07) is 0. The van der Waals surface area contributed by atoms with E-state index in [1.165, 1.54) is 12.2 Å². The fourth-order valence-corrected chi connectivity index (χ4v) is 2.50. The van der Waals surface area contributed by atoms with Gasteiger partial charge in [0.05, 0.1) is 19.3 Å². The first-order chi connectivity index (χ1) is 13.0. The van der Waals surface area contributed by atoms with Gasteiger partial charge in [0.2, 0.25) is 0 Å². The molecule has 1 unspecified atom stereocenters. The Balaban J connectivity index is 1.90. The minimum absolute atomic E-state index is 0.237. The van der Waals surface area contributed by atoms with Gasteiger partial charge < -0.3 is 18.9 Å². The molecule has 1 heterocycles. The molecule has 28 heavy (non-hydrogen) atoms. The summed E-state index contributed by atoms with van der Waals surface area (Å²) in [6.07, 6.45) is -4.07. The van der Waals surface area contributed by atoms with Crippen LogP contribution in [-0.2, 0) is 18.9 Å². The van der Waals surface area contributed by atoms with Gasteiger partial charge in [0.15, 0.2) is 13.0 Å². The molecule has 0 radical (unpaired) electrons. The zero-order valence-corrected chi connectivity index (χ0v) is 15.0. The highest BCUT2D eigenvalue weighted by Crippen LogP contribution is 2.47. The quantitative estimate of drug-likeness (QED) is 0.521. The van der Waals surface area contributed by atoms with E-state index in [0.29, 0.717) is 12.2 Å². The van der Waals surface area contributed by atoms with Crippen LogP contribution < -0.4 is 0 Å². The Kier molecular flexibility index (Phi) is 7.51. The second kappa shape index (κ2) is 9.10. The largest absolute Gasteiger partial charge is 0.426 e. The third-order valence-corrected chi connectivity index (χ3v) is 4.08. The predicted octanol–water partition coefficient (Wildman–Crippen LogP) is 4.26. The zero-order valence-electron chi connectivity index (χ0n) is 15.0. The average Bonchev–Trinajstić information content (AvgIpc) is 2.67. The van der Waals surface area contributed by atoms with Crippen molar-refractivity contribution in [1.82, 2.24) is 0 Å². The van der Waals surface area contributed by atoms with Gasteiger partial charge in [-0.2, -0.15) is 26.3 Å². The lowest BCUT2D eigenvalue weighted by Gasteiger charge is -2.34. The van der Waals surface area contributed by atoms with Crippen molar-refractivity contribution in [3.8, 4) is 0 Å². The van der Waals surface area contributed by atoms with Gasteiger partial charge in [-0.3, -0.25) is 0 Å². The summed E-state index contributed by atoms with van der Waals surface area (Å²) < 4.78 is 112. The fraction of sp³-hybridized carbons (Fsp3) is 0.765. The Morgan fingerprint density at radius 1 is 1.11 bits per heavy atom. The first kappa shape index (κ1) is 23.1. The van der Waals surface area contributed by atoms with Gasteiger partial charge in [0.25, 0.3) is 0 Å². The van der Waals surface area contributed by atoms with Crippen molar-refractivity contribution in [3.63, 3.8) is 0 Å².